The Bertz CT molecular complexity index is 567. The third kappa shape index (κ3) is 3.22. The van der Waals surface area contributed by atoms with Crippen molar-refractivity contribution in [1.82, 2.24) is 5.32 Å². The Kier molecular flexibility index (Phi) is 4.28. The van der Waals surface area contributed by atoms with E-state index in [1.54, 1.807) is 0 Å². The van der Waals surface area contributed by atoms with E-state index in [1.165, 1.54) is 33.1 Å². The lowest BCUT2D eigenvalue weighted by atomic mass is 10.0. The zero-order valence-corrected chi connectivity index (χ0v) is 11.2. The van der Waals surface area contributed by atoms with Crippen molar-refractivity contribution >= 4 is 17.6 Å². The lowest BCUT2D eigenvalue weighted by molar-refractivity contribution is -0.385. The normalized spacial score (nSPS) is 10.8. The highest BCUT2D eigenvalue weighted by atomic mass is 16.6. The molecular formula is C12H14N2O6. The van der Waals surface area contributed by atoms with Crippen LogP contribution >= 0.6 is 0 Å². The Morgan fingerprint density at radius 2 is 2.00 bits per heavy atom. The minimum Gasteiger partial charge on any atom is -0.490 e. The molecule has 0 bridgehead atoms. The van der Waals surface area contributed by atoms with Crippen molar-refractivity contribution < 1.29 is 24.4 Å². The summed E-state index contributed by atoms with van der Waals surface area (Å²) in [5.74, 6) is -1.92. The highest BCUT2D eigenvalue weighted by Gasteiger charge is 2.30. The summed E-state index contributed by atoms with van der Waals surface area (Å²) in [6.07, 6.45) is 0. The third-order valence-electron chi connectivity index (χ3n) is 2.60. The van der Waals surface area contributed by atoms with Crippen LogP contribution in [0.4, 0.5) is 5.69 Å². The highest BCUT2D eigenvalue weighted by Crippen LogP contribution is 2.27. The molecule has 0 atom stereocenters. The van der Waals surface area contributed by atoms with Crippen LogP contribution in [0.2, 0.25) is 0 Å². The third-order valence-corrected chi connectivity index (χ3v) is 2.60. The summed E-state index contributed by atoms with van der Waals surface area (Å²) in [7, 11) is 1.27. The van der Waals surface area contributed by atoms with E-state index in [4.69, 9.17) is 9.84 Å². The summed E-state index contributed by atoms with van der Waals surface area (Å²) in [6, 6.07) is 3.63. The van der Waals surface area contributed by atoms with Gasteiger partial charge in [-0.2, -0.15) is 0 Å². The van der Waals surface area contributed by atoms with Gasteiger partial charge in [-0.3, -0.25) is 14.9 Å². The van der Waals surface area contributed by atoms with Gasteiger partial charge >= 0.3 is 11.7 Å². The summed E-state index contributed by atoms with van der Waals surface area (Å²) < 4.78 is 4.81. The van der Waals surface area contributed by atoms with Crippen LogP contribution < -0.4 is 10.1 Å². The maximum atomic E-state index is 11.9. The van der Waals surface area contributed by atoms with E-state index < -0.39 is 22.3 Å². The molecule has 0 fully saturated rings. The first-order valence-electron chi connectivity index (χ1n) is 5.57. The van der Waals surface area contributed by atoms with Gasteiger partial charge < -0.3 is 15.2 Å². The van der Waals surface area contributed by atoms with Crippen LogP contribution in [0.5, 0.6) is 5.75 Å². The van der Waals surface area contributed by atoms with Gasteiger partial charge in [0.05, 0.1) is 12.0 Å². The Balaban J connectivity index is 3.09. The van der Waals surface area contributed by atoms with Gasteiger partial charge in [0, 0.05) is 11.6 Å². The molecule has 108 valence electrons. The van der Waals surface area contributed by atoms with E-state index in [1.807, 2.05) is 0 Å². The Morgan fingerprint density at radius 1 is 1.40 bits per heavy atom. The molecule has 1 rings (SSSR count). The molecule has 0 radical (unpaired) electrons. The minimum atomic E-state index is -1.48. The number of nitrogens with one attached hydrogen (secondary N) is 1. The van der Waals surface area contributed by atoms with E-state index >= 15 is 0 Å². The quantitative estimate of drug-likeness (QED) is 0.618. The highest BCUT2D eigenvalue weighted by molar-refractivity contribution is 5.98. The average molecular weight is 282 g/mol. The van der Waals surface area contributed by atoms with Crippen molar-refractivity contribution in [1.29, 1.82) is 0 Å². The van der Waals surface area contributed by atoms with Gasteiger partial charge in [-0.25, -0.2) is 4.79 Å². The van der Waals surface area contributed by atoms with E-state index in [0.29, 0.717) is 0 Å². The number of nitro groups is 1. The van der Waals surface area contributed by atoms with Crippen LogP contribution in [0, 0.1) is 10.1 Å². The fourth-order valence-electron chi connectivity index (χ4n) is 1.38. The predicted octanol–water partition coefficient (Wildman–Crippen LogP) is 1.20. The number of carbonyl (C=O) groups is 2. The molecule has 0 heterocycles. The van der Waals surface area contributed by atoms with Crippen molar-refractivity contribution in [2.24, 2.45) is 0 Å². The fraction of sp³-hybridized carbons (Fsp3) is 0.333. The predicted molar refractivity (Wildman–Crippen MR) is 68.8 cm³/mol. The summed E-state index contributed by atoms with van der Waals surface area (Å²) in [5, 5.41) is 22.0. The molecule has 2 N–H and O–H groups in total. The number of carboxylic acid groups (broad SMARTS) is 1. The average Bonchev–Trinajstić information content (AvgIpc) is 2.37. The Labute approximate surface area is 114 Å². The molecule has 0 spiro atoms. The van der Waals surface area contributed by atoms with E-state index in [2.05, 4.69) is 5.32 Å². The van der Waals surface area contributed by atoms with Crippen LogP contribution in [-0.4, -0.2) is 34.6 Å². The summed E-state index contributed by atoms with van der Waals surface area (Å²) >= 11 is 0. The topological polar surface area (TPSA) is 119 Å². The van der Waals surface area contributed by atoms with Crippen molar-refractivity contribution in [2.75, 3.05) is 7.11 Å². The Hall–Kier alpha value is -2.64. The number of amides is 1. The number of rotatable bonds is 5. The molecule has 0 unspecified atom stereocenters. The number of hydrogen-bond acceptors (Lipinski definition) is 5. The second kappa shape index (κ2) is 5.55. The standard InChI is InChI=1S/C12H14N2O6/c1-12(2,11(16)17)13-10(15)7-4-5-9(20-3)8(6-7)14(18)19/h4-6H,1-3H3,(H,13,15)(H,16,17). The number of ether oxygens (including phenoxy) is 1. The van der Waals surface area contributed by atoms with E-state index in [0.717, 1.165) is 6.07 Å². The smallest absolute Gasteiger partial charge is 0.328 e. The molecule has 1 amide bonds. The molecule has 0 aliphatic carbocycles. The van der Waals surface area contributed by atoms with Gasteiger partial charge in [-0.15, -0.1) is 0 Å². The number of nitrogens with zero attached hydrogens (tertiary/aromatic N) is 1. The zero-order valence-electron chi connectivity index (χ0n) is 11.2. The van der Waals surface area contributed by atoms with Crippen LogP contribution in [-0.2, 0) is 4.79 Å². The minimum absolute atomic E-state index is 0.0176. The molecule has 1 aromatic carbocycles. The number of methoxy groups -OCH3 is 1. The number of carbonyl (C=O) groups excluding carboxylic acids is 1. The summed E-state index contributed by atoms with van der Waals surface area (Å²) in [5.41, 5.74) is -1.87. The van der Waals surface area contributed by atoms with Crippen molar-refractivity contribution in [3.05, 3.63) is 33.9 Å². The molecule has 0 aliphatic rings. The molecule has 0 aliphatic heterocycles. The molecular weight excluding hydrogens is 268 g/mol. The van der Waals surface area contributed by atoms with Crippen LogP contribution in [0.1, 0.15) is 24.2 Å². The van der Waals surface area contributed by atoms with Gasteiger partial charge in [-0.1, -0.05) is 0 Å². The molecule has 8 nitrogen and oxygen atoms in total. The second-order valence-electron chi connectivity index (χ2n) is 4.53. The second-order valence-corrected chi connectivity index (χ2v) is 4.53. The fourth-order valence-corrected chi connectivity index (χ4v) is 1.38. The first-order chi connectivity index (χ1) is 9.19. The lowest BCUT2D eigenvalue weighted by Gasteiger charge is -2.20. The molecule has 8 heteroatoms. The number of nitro benzene ring substituents is 1. The zero-order chi connectivity index (χ0) is 15.5. The van der Waals surface area contributed by atoms with Gasteiger partial charge in [0.15, 0.2) is 5.75 Å². The molecule has 0 saturated carbocycles. The number of carboxylic acids is 1. The van der Waals surface area contributed by atoms with Crippen LogP contribution in [0.25, 0.3) is 0 Å². The maximum Gasteiger partial charge on any atom is 0.328 e. The molecule has 1 aromatic rings. The maximum absolute atomic E-state index is 11.9. The van der Waals surface area contributed by atoms with Crippen LogP contribution in [0.15, 0.2) is 18.2 Å². The van der Waals surface area contributed by atoms with Gasteiger partial charge in [0.2, 0.25) is 0 Å². The van der Waals surface area contributed by atoms with Gasteiger partial charge in [0.1, 0.15) is 5.54 Å². The van der Waals surface area contributed by atoms with Crippen molar-refractivity contribution in [3.63, 3.8) is 0 Å². The lowest BCUT2D eigenvalue weighted by Crippen LogP contribution is -2.49. The number of benzene rings is 1. The number of aliphatic carboxylic acids is 1. The van der Waals surface area contributed by atoms with E-state index in [-0.39, 0.29) is 17.0 Å². The first kappa shape index (κ1) is 15.4. The van der Waals surface area contributed by atoms with Gasteiger partial charge in [0.25, 0.3) is 5.91 Å². The van der Waals surface area contributed by atoms with Crippen molar-refractivity contribution in [3.8, 4) is 5.75 Å². The number of hydrogen-bond donors (Lipinski definition) is 2. The first-order valence-corrected chi connectivity index (χ1v) is 5.57. The van der Waals surface area contributed by atoms with Crippen LogP contribution in [0.3, 0.4) is 0 Å². The monoisotopic (exact) mass is 282 g/mol. The molecule has 0 saturated heterocycles. The SMILES string of the molecule is COc1ccc(C(=O)NC(C)(C)C(=O)O)cc1[N+](=O)[O-]. The summed E-state index contributed by atoms with van der Waals surface area (Å²) in [6.45, 7) is 2.62. The van der Waals surface area contributed by atoms with Crippen molar-refractivity contribution in [2.45, 2.75) is 19.4 Å². The molecule has 20 heavy (non-hydrogen) atoms. The largest absolute Gasteiger partial charge is 0.490 e. The van der Waals surface area contributed by atoms with Gasteiger partial charge in [-0.05, 0) is 26.0 Å². The van der Waals surface area contributed by atoms with E-state index in [9.17, 15) is 19.7 Å². The summed E-state index contributed by atoms with van der Waals surface area (Å²) in [4.78, 5) is 33.0. The Morgan fingerprint density at radius 3 is 2.45 bits per heavy atom. The molecule has 0 aromatic heterocycles.